The SMILES string of the molecule is CC(C)CSc1c(F)c(F)c(C(C)C)c(F)c1F. The third kappa shape index (κ3) is 2.99. The van der Waals surface area contributed by atoms with E-state index in [0.717, 1.165) is 11.8 Å². The van der Waals surface area contributed by atoms with E-state index >= 15 is 0 Å². The summed E-state index contributed by atoms with van der Waals surface area (Å²) in [7, 11) is 0. The molecule has 0 aliphatic heterocycles. The summed E-state index contributed by atoms with van der Waals surface area (Å²) in [5.41, 5.74) is -0.529. The van der Waals surface area contributed by atoms with Gasteiger partial charge in [0, 0.05) is 11.3 Å². The molecular weight excluding hydrogens is 264 g/mol. The summed E-state index contributed by atoms with van der Waals surface area (Å²) in [5.74, 6) is -5.19. The van der Waals surface area contributed by atoms with Crippen LogP contribution in [-0.2, 0) is 0 Å². The van der Waals surface area contributed by atoms with E-state index in [1.54, 1.807) is 0 Å². The van der Waals surface area contributed by atoms with Gasteiger partial charge in [-0.25, -0.2) is 17.6 Å². The molecule has 0 atom stereocenters. The van der Waals surface area contributed by atoms with Crippen molar-refractivity contribution in [3.8, 4) is 0 Å². The number of hydrogen-bond donors (Lipinski definition) is 0. The van der Waals surface area contributed by atoms with Crippen molar-refractivity contribution in [1.82, 2.24) is 0 Å². The Hall–Kier alpha value is -0.710. The molecule has 0 fully saturated rings. The van der Waals surface area contributed by atoms with E-state index < -0.39 is 39.6 Å². The van der Waals surface area contributed by atoms with Crippen LogP contribution < -0.4 is 0 Å². The topological polar surface area (TPSA) is 0 Å². The molecule has 0 unspecified atom stereocenters. The zero-order valence-corrected chi connectivity index (χ0v) is 11.6. The van der Waals surface area contributed by atoms with Crippen molar-refractivity contribution in [3.05, 3.63) is 28.8 Å². The first-order chi connectivity index (χ1) is 8.27. The second-order valence-corrected chi connectivity index (χ2v) is 5.89. The molecule has 0 heterocycles. The zero-order valence-electron chi connectivity index (χ0n) is 10.8. The van der Waals surface area contributed by atoms with Gasteiger partial charge in [-0.3, -0.25) is 0 Å². The third-order valence-electron chi connectivity index (χ3n) is 2.40. The smallest absolute Gasteiger partial charge is 0.175 e. The highest BCUT2D eigenvalue weighted by atomic mass is 32.2. The van der Waals surface area contributed by atoms with Gasteiger partial charge in [-0.2, -0.15) is 0 Å². The number of benzene rings is 1. The molecule has 0 N–H and O–H groups in total. The molecule has 18 heavy (non-hydrogen) atoms. The summed E-state index contributed by atoms with van der Waals surface area (Å²) < 4.78 is 54.8. The summed E-state index contributed by atoms with van der Waals surface area (Å²) >= 11 is 0.801. The van der Waals surface area contributed by atoms with Gasteiger partial charge in [0.05, 0.1) is 4.90 Å². The van der Waals surface area contributed by atoms with Crippen LogP contribution in [0.3, 0.4) is 0 Å². The van der Waals surface area contributed by atoms with Crippen LogP contribution in [0.15, 0.2) is 4.90 Å². The van der Waals surface area contributed by atoms with E-state index in [0.29, 0.717) is 5.75 Å². The van der Waals surface area contributed by atoms with Gasteiger partial charge < -0.3 is 0 Å². The number of hydrogen-bond acceptors (Lipinski definition) is 1. The van der Waals surface area contributed by atoms with Gasteiger partial charge in [-0.1, -0.05) is 27.7 Å². The Bertz CT molecular complexity index is 412. The fourth-order valence-corrected chi connectivity index (χ4v) is 2.44. The second kappa shape index (κ2) is 5.95. The van der Waals surface area contributed by atoms with E-state index in [4.69, 9.17) is 0 Å². The minimum atomic E-state index is -1.29. The highest BCUT2D eigenvalue weighted by molar-refractivity contribution is 7.99. The van der Waals surface area contributed by atoms with Gasteiger partial charge in [-0.05, 0) is 11.8 Å². The standard InChI is InChI=1S/C13H16F4S/c1-6(2)5-18-13-11(16)9(14)8(7(3)4)10(15)12(13)17/h6-7H,5H2,1-4H3. The summed E-state index contributed by atoms with van der Waals surface area (Å²) in [6, 6.07) is 0. The molecule has 0 amide bonds. The average molecular weight is 280 g/mol. The lowest BCUT2D eigenvalue weighted by Gasteiger charge is -2.14. The van der Waals surface area contributed by atoms with Crippen LogP contribution in [0, 0.1) is 29.2 Å². The predicted molar refractivity (Wildman–Crippen MR) is 65.9 cm³/mol. The van der Waals surface area contributed by atoms with Crippen LogP contribution in [0.4, 0.5) is 17.6 Å². The van der Waals surface area contributed by atoms with Crippen LogP contribution in [-0.4, -0.2) is 5.75 Å². The maximum Gasteiger partial charge on any atom is 0.175 e. The Morgan fingerprint density at radius 1 is 0.833 bits per heavy atom. The Kier molecular flexibility index (Phi) is 5.08. The van der Waals surface area contributed by atoms with Crippen molar-refractivity contribution in [2.45, 2.75) is 38.5 Å². The fourth-order valence-electron chi connectivity index (χ4n) is 1.51. The minimum Gasteiger partial charge on any atom is -0.203 e. The Labute approximate surface area is 109 Å². The van der Waals surface area contributed by atoms with Crippen LogP contribution in [0.25, 0.3) is 0 Å². The van der Waals surface area contributed by atoms with E-state index in [1.807, 2.05) is 13.8 Å². The lowest BCUT2D eigenvalue weighted by atomic mass is 10.0. The van der Waals surface area contributed by atoms with Gasteiger partial charge in [0.2, 0.25) is 0 Å². The average Bonchev–Trinajstić information content (AvgIpc) is 2.26. The summed E-state index contributed by atoms with van der Waals surface area (Å²) in [4.78, 5) is -0.567. The number of thioether (sulfide) groups is 1. The van der Waals surface area contributed by atoms with Gasteiger partial charge in [0.15, 0.2) is 23.3 Å². The van der Waals surface area contributed by atoms with Crippen molar-refractivity contribution in [3.63, 3.8) is 0 Å². The Balaban J connectivity index is 3.30. The van der Waals surface area contributed by atoms with Crippen molar-refractivity contribution in [2.75, 3.05) is 5.75 Å². The molecule has 0 saturated heterocycles. The molecule has 0 nitrogen and oxygen atoms in total. The summed E-state index contributed by atoms with van der Waals surface area (Å²) in [6.45, 7) is 6.69. The molecule has 1 rings (SSSR count). The molecule has 102 valence electrons. The molecule has 0 bridgehead atoms. The van der Waals surface area contributed by atoms with E-state index in [2.05, 4.69) is 0 Å². The molecule has 0 saturated carbocycles. The molecule has 0 radical (unpaired) electrons. The highest BCUT2D eigenvalue weighted by Gasteiger charge is 2.26. The Morgan fingerprint density at radius 3 is 1.61 bits per heavy atom. The van der Waals surface area contributed by atoms with Crippen LogP contribution in [0.2, 0.25) is 0 Å². The quantitative estimate of drug-likeness (QED) is 0.419. The van der Waals surface area contributed by atoms with E-state index in [-0.39, 0.29) is 5.92 Å². The number of halogens is 4. The molecule has 1 aromatic carbocycles. The fraction of sp³-hybridized carbons (Fsp3) is 0.538. The Morgan fingerprint density at radius 2 is 1.28 bits per heavy atom. The van der Waals surface area contributed by atoms with Crippen molar-refractivity contribution in [1.29, 1.82) is 0 Å². The predicted octanol–water partition coefficient (Wildman–Crippen LogP) is 5.11. The van der Waals surface area contributed by atoms with Crippen LogP contribution in [0.1, 0.15) is 39.2 Å². The molecule has 0 spiro atoms. The zero-order chi connectivity index (χ0) is 14.0. The van der Waals surface area contributed by atoms with Crippen LogP contribution >= 0.6 is 11.8 Å². The highest BCUT2D eigenvalue weighted by Crippen LogP contribution is 2.35. The maximum absolute atomic E-state index is 13.7. The summed E-state index contributed by atoms with van der Waals surface area (Å²) in [5, 5.41) is 0. The molecule has 0 aromatic heterocycles. The molecule has 0 aliphatic carbocycles. The molecule has 1 aromatic rings. The van der Waals surface area contributed by atoms with Crippen molar-refractivity contribution < 1.29 is 17.6 Å². The largest absolute Gasteiger partial charge is 0.203 e. The normalized spacial score (nSPS) is 11.7. The van der Waals surface area contributed by atoms with Crippen LogP contribution in [0.5, 0.6) is 0 Å². The van der Waals surface area contributed by atoms with Crippen molar-refractivity contribution >= 4 is 11.8 Å². The summed E-state index contributed by atoms with van der Waals surface area (Å²) in [6.07, 6.45) is 0. The van der Waals surface area contributed by atoms with Gasteiger partial charge >= 0.3 is 0 Å². The van der Waals surface area contributed by atoms with Gasteiger partial charge in [-0.15, -0.1) is 11.8 Å². The minimum absolute atomic E-state index is 0.171. The second-order valence-electron chi connectivity index (χ2n) is 4.86. The first-order valence-corrected chi connectivity index (χ1v) is 6.74. The number of rotatable bonds is 4. The first kappa shape index (κ1) is 15.3. The monoisotopic (exact) mass is 280 g/mol. The van der Waals surface area contributed by atoms with Crippen molar-refractivity contribution in [2.24, 2.45) is 5.92 Å². The molecule has 0 aliphatic rings. The first-order valence-electron chi connectivity index (χ1n) is 5.76. The maximum atomic E-state index is 13.7. The van der Waals surface area contributed by atoms with Gasteiger partial charge in [0.1, 0.15) is 0 Å². The lowest BCUT2D eigenvalue weighted by molar-refractivity contribution is 0.407. The lowest BCUT2D eigenvalue weighted by Crippen LogP contribution is -2.08. The van der Waals surface area contributed by atoms with E-state index in [1.165, 1.54) is 13.8 Å². The van der Waals surface area contributed by atoms with E-state index in [9.17, 15) is 17.6 Å². The van der Waals surface area contributed by atoms with Gasteiger partial charge in [0.25, 0.3) is 0 Å². The molecule has 5 heteroatoms. The third-order valence-corrected chi connectivity index (χ3v) is 3.88. The molecular formula is C13H16F4S.